The molecule has 0 aromatic carbocycles. The van der Waals surface area contributed by atoms with Crippen molar-refractivity contribution < 1.29 is 32.5 Å². The van der Waals surface area contributed by atoms with Crippen LogP contribution in [0.1, 0.15) is 16.2 Å². The predicted octanol–water partition coefficient (Wildman–Crippen LogP) is 2.00. The van der Waals surface area contributed by atoms with Crippen LogP contribution in [0.2, 0.25) is 0 Å². The molecule has 1 rings (SSSR count). The van der Waals surface area contributed by atoms with Gasteiger partial charge in [-0.3, -0.25) is 4.74 Å². The SMILES string of the molecule is Cc1nc(C(=O)O)ccc1OCCOC(F)(F)F. The molecule has 0 aliphatic carbocycles. The first-order valence-electron chi connectivity index (χ1n) is 4.84. The number of aromatic nitrogens is 1. The second-order valence-electron chi connectivity index (χ2n) is 3.23. The highest BCUT2D eigenvalue weighted by molar-refractivity contribution is 5.85. The zero-order chi connectivity index (χ0) is 13.8. The molecular weight excluding hydrogens is 255 g/mol. The Morgan fingerprint density at radius 2 is 2.06 bits per heavy atom. The third-order valence-electron chi connectivity index (χ3n) is 1.86. The summed E-state index contributed by atoms with van der Waals surface area (Å²) in [5, 5.41) is 8.66. The smallest absolute Gasteiger partial charge is 0.489 e. The number of alkyl halides is 3. The van der Waals surface area contributed by atoms with Crippen molar-refractivity contribution in [1.82, 2.24) is 4.98 Å². The molecule has 0 aliphatic heterocycles. The van der Waals surface area contributed by atoms with Crippen LogP contribution in [0.5, 0.6) is 5.75 Å². The van der Waals surface area contributed by atoms with E-state index >= 15 is 0 Å². The number of aryl methyl sites for hydroxylation is 1. The molecule has 0 atom stereocenters. The Bertz CT molecular complexity index is 434. The van der Waals surface area contributed by atoms with Gasteiger partial charge < -0.3 is 9.84 Å². The summed E-state index contributed by atoms with van der Waals surface area (Å²) >= 11 is 0. The molecule has 100 valence electrons. The van der Waals surface area contributed by atoms with Gasteiger partial charge in [0.05, 0.1) is 12.3 Å². The number of hydrogen-bond donors (Lipinski definition) is 1. The van der Waals surface area contributed by atoms with E-state index in [-0.39, 0.29) is 23.7 Å². The number of rotatable bonds is 5. The van der Waals surface area contributed by atoms with Crippen molar-refractivity contribution in [3.05, 3.63) is 23.5 Å². The molecule has 8 heteroatoms. The minimum atomic E-state index is -4.69. The summed E-state index contributed by atoms with van der Waals surface area (Å²) in [5.41, 5.74) is 0.119. The number of hydrogen-bond acceptors (Lipinski definition) is 4. The molecule has 0 spiro atoms. The number of ether oxygens (including phenoxy) is 2. The molecule has 0 aliphatic rings. The van der Waals surface area contributed by atoms with Crippen LogP contribution in [-0.4, -0.2) is 35.6 Å². The second kappa shape index (κ2) is 5.67. The molecule has 1 aromatic heterocycles. The molecule has 5 nitrogen and oxygen atoms in total. The number of nitrogens with zero attached hydrogens (tertiary/aromatic N) is 1. The number of pyridine rings is 1. The Hall–Kier alpha value is -1.83. The Labute approximate surface area is 100 Å². The van der Waals surface area contributed by atoms with E-state index in [9.17, 15) is 18.0 Å². The summed E-state index contributed by atoms with van der Waals surface area (Å²) < 4.78 is 43.4. The van der Waals surface area contributed by atoms with Crippen molar-refractivity contribution in [2.75, 3.05) is 13.2 Å². The summed E-state index contributed by atoms with van der Waals surface area (Å²) in [6.45, 7) is 0.532. The molecule has 0 unspecified atom stereocenters. The van der Waals surface area contributed by atoms with Crippen LogP contribution in [0.3, 0.4) is 0 Å². The van der Waals surface area contributed by atoms with Crippen LogP contribution in [0, 0.1) is 6.92 Å². The van der Waals surface area contributed by atoms with E-state index in [1.54, 1.807) is 0 Å². The summed E-state index contributed by atoms with van der Waals surface area (Å²) in [4.78, 5) is 14.3. The van der Waals surface area contributed by atoms with Crippen LogP contribution < -0.4 is 4.74 Å². The Kier molecular flexibility index (Phi) is 4.49. The van der Waals surface area contributed by atoms with Gasteiger partial charge in [0.1, 0.15) is 18.1 Å². The average molecular weight is 265 g/mol. The van der Waals surface area contributed by atoms with Gasteiger partial charge in [-0.2, -0.15) is 0 Å². The first-order valence-corrected chi connectivity index (χ1v) is 4.84. The normalized spacial score (nSPS) is 11.3. The third-order valence-corrected chi connectivity index (χ3v) is 1.86. The highest BCUT2D eigenvalue weighted by atomic mass is 19.4. The maximum absolute atomic E-state index is 11.6. The Morgan fingerprint density at radius 1 is 1.39 bits per heavy atom. The van der Waals surface area contributed by atoms with Crippen LogP contribution in [-0.2, 0) is 4.74 Å². The minimum absolute atomic E-state index is 0.161. The molecule has 0 saturated carbocycles. The highest BCUT2D eigenvalue weighted by Gasteiger charge is 2.28. The van der Waals surface area contributed by atoms with Gasteiger partial charge in [-0.25, -0.2) is 9.78 Å². The lowest BCUT2D eigenvalue weighted by Crippen LogP contribution is -2.18. The van der Waals surface area contributed by atoms with Crippen molar-refractivity contribution >= 4 is 5.97 Å². The van der Waals surface area contributed by atoms with E-state index in [4.69, 9.17) is 9.84 Å². The molecule has 0 saturated heterocycles. The summed E-state index contributed by atoms with van der Waals surface area (Å²) in [6.07, 6.45) is -4.69. The fourth-order valence-electron chi connectivity index (χ4n) is 1.13. The van der Waals surface area contributed by atoms with Crippen molar-refractivity contribution in [2.45, 2.75) is 13.3 Å². The molecule has 0 radical (unpaired) electrons. The molecule has 1 heterocycles. The summed E-state index contributed by atoms with van der Waals surface area (Å²) in [7, 11) is 0. The molecule has 0 fully saturated rings. The monoisotopic (exact) mass is 265 g/mol. The van der Waals surface area contributed by atoms with E-state index in [0.29, 0.717) is 0 Å². The number of carboxylic acid groups (broad SMARTS) is 1. The fraction of sp³-hybridized carbons (Fsp3) is 0.400. The van der Waals surface area contributed by atoms with Gasteiger partial charge in [0.15, 0.2) is 0 Å². The van der Waals surface area contributed by atoms with Gasteiger partial charge in [-0.15, -0.1) is 13.2 Å². The van der Waals surface area contributed by atoms with Crippen molar-refractivity contribution in [2.24, 2.45) is 0 Å². The van der Waals surface area contributed by atoms with Gasteiger partial charge in [0.25, 0.3) is 0 Å². The van der Waals surface area contributed by atoms with Crippen molar-refractivity contribution in [3.8, 4) is 5.75 Å². The first kappa shape index (κ1) is 14.2. The van der Waals surface area contributed by atoms with Crippen LogP contribution in [0.15, 0.2) is 12.1 Å². The minimum Gasteiger partial charge on any atom is -0.489 e. The molecular formula is C10H10F3NO4. The maximum Gasteiger partial charge on any atom is 0.522 e. The Balaban J connectivity index is 2.51. The number of carbonyl (C=O) groups is 1. The lowest BCUT2D eigenvalue weighted by Gasteiger charge is -2.10. The van der Waals surface area contributed by atoms with E-state index in [2.05, 4.69) is 9.72 Å². The first-order chi connectivity index (χ1) is 8.29. The predicted molar refractivity (Wildman–Crippen MR) is 53.4 cm³/mol. The number of carboxylic acids is 1. The zero-order valence-electron chi connectivity index (χ0n) is 9.32. The average Bonchev–Trinajstić information content (AvgIpc) is 2.24. The molecule has 1 N–H and O–H groups in total. The lowest BCUT2D eigenvalue weighted by molar-refractivity contribution is -0.325. The third kappa shape index (κ3) is 4.58. The van der Waals surface area contributed by atoms with Gasteiger partial charge in [-0.05, 0) is 19.1 Å². The molecule has 18 heavy (non-hydrogen) atoms. The van der Waals surface area contributed by atoms with E-state index in [1.165, 1.54) is 19.1 Å². The maximum atomic E-state index is 11.6. The fourth-order valence-corrected chi connectivity index (χ4v) is 1.13. The second-order valence-corrected chi connectivity index (χ2v) is 3.23. The molecule has 0 bridgehead atoms. The lowest BCUT2D eigenvalue weighted by atomic mass is 10.3. The van der Waals surface area contributed by atoms with Gasteiger partial charge in [-0.1, -0.05) is 0 Å². The van der Waals surface area contributed by atoms with E-state index < -0.39 is 18.9 Å². The topological polar surface area (TPSA) is 68.7 Å². The summed E-state index contributed by atoms with van der Waals surface area (Å²) in [5.74, 6) is -0.976. The van der Waals surface area contributed by atoms with Gasteiger partial charge in [0, 0.05) is 0 Å². The molecule has 0 amide bonds. The summed E-state index contributed by atoms with van der Waals surface area (Å²) in [6, 6.07) is 2.54. The van der Waals surface area contributed by atoms with E-state index in [0.717, 1.165) is 0 Å². The van der Waals surface area contributed by atoms with Gasteiger partial charge in [0.2, 0.25) is 0 Å². The van der Waals surface area contributed by atoms with Crippen LogP contribution in [0.4, 0.5) is 13.2 Å². The largest absolute Gasteiger partial charge is 0.522 e. The van der Waals surface area contributed by atoms with Crippen LogP contribution >= 0.6 is 0 Å². The van der Waals surface area contributed by atoms with Gasteiger partial charge >= 0.3 is 12.3 Å². The Morgan fingerprint density at radius 3 is 2.56 bits per heavy atom. The van der Waals surface area contributed by atoms with Crippen LogP contribution in [0.25, 0.3) is 0 Å². The molecule has 1 aromatic rings. The van der Waals surface area contributed by atoms with Crippen molar-refractivity contribution in [1.29, 1.82) is 0 Å². The standard InChI is InChI=1S/C10H10F3NO4/c1-6-8(3-2-7(14-6)9(15)16)17-4-5-18-10(11,12)13/h2-3H,4-5H2,1H3,(H,15,16). The number of halogens is 3. The van der Waals surface area contributed by atoms with Crippen molar-refractivity contribution in [3.63, 3.8) is 0 Å². The highest BCUT2D eigenvalue weighted by Crippen LogP contribution is 2.18. The van der Waals surface area contributed by atoms with E-state index in [1.807, 2.05) is 0 Å². The number of aromatic carboxylic acids is 1. The quantitative estimate of drug-likeness (QED) is 0.825. The zero-order valence-corrected chi connectivity index (χ0v) is 9.32.